The van der Waals surface area contributed by atoms with Gasteiger partial charge in [0, 0.05) is 13.1 Å². The average molecular weight is 456 g/mol. The molecular weight excluding hydrogens is 430 g/mol. The van der Waals surface area contributed by atoms with Crippen LogP contribution in [0, 0.1) is 0 Å². The number of hydrogen-bond acceptors (Lipinski definition) is 4. The van der Waals surface area contributed by atoms with E-state index < -0.39 is 6.10 Å². The molecule has 3 rings (SSSR count). The SMILES string of the molecule is CCOc1cc(CNC[C@@H](O)c2ccccc2)cc(Br)c1OCc1ccccc1. The molecule has 0 heterocycles. The van der Waals surface area contributed by atoms with Crippen LogP contribution in [-0.4, -0.2) is 18.3 Å². The Morgan fingerprint density at radius 1 is 0.931 bits per heavy atom. The Labute approximate surface area is 180 Å². The van der Waals surface area contributed by atoms with Gasteiger partial charge in [0.05, 0.1) is 17.2 Å². The van der Waals surface area contributed by atoms with E-state index in [4.69, 9.17) is 9.47 Å². The Morgan fingerprint density at radius 2 is 1.62 bits per heavy atom. The van der Waals surface area contributed by atoms with E-state index in [0.717, 1.165) is 21.2 Å². The fourth-order valence-corrected chi connectivity index (χ4v) is 3.61. The van der Waals surface area contributed by atoms with Crippen molar-refractivity contribution in [2.45, 2.75) is 26.2 Å². The minimum atomic E-state index is -0.542. The summed E-state index contributed by atoms with van der Waals surface area (Å²) in [6.07, 6.45) is -0.542. The van der Waals surface area contributed by atoms with Crippen molar-refractivity contribution in [1.82, 2.24) is 5.32 Å². The summed E-state index contributed by atoms with van der Waals surface area (Å²) in [4.78, 5) is 0. The highest BCUT2D eigenvalue weighted by atomic mass is 79.9. The second-order valence-electron chi connectivity index (χ2n) is 6.67. The largest absolute Gasteiger partial charge is 0.490 e. The zero-order valence-corrected chi connectivity index (χ0v) is 18.1. The summed E-state index contributed by atoms with van der Waals surface area (Å²) in [5.41, 5.74) is 3.05. The minimum Gasteiger partial charge on any atom is -0.490 e. The van der Waals surface area contributed by atoms with Crippen LogP contribution >= 0.6 is 15.9 Å². The van der Waals surface area contributed by atoms with Crippen molar-refractivity contribution >= 4 is 15.9 Å². The van der Waals surface area contributed by atoms with Gasteiger partial charge in [0.25, 0.3) is 0 Å². The Balaban J connectivity index is 1.63. The predicted octanol–water partition coefficient (Wildman–Crippen LogP) is 5.25. The third-order valence-corrected chi connectivity index (χ3v) is 5.04. The standard InChI is InChI=1S/C24H26BrNO3/c1-2-28-23-14-19(15-26-16-22(27)20-11-7-4-8-12-20)13-21(25)24(23)29-17-18-9-5-3-6-10-18/h3-14,22,26-27H,2,15-17H2,1H3/t22-/m1/s1. The second-order valence-corrected chi connectivity index (χ2v) is 7.52. The van der Waals surface area contributed by atoms with Crippen molar-refractivity contribution in [3.05, 3.63) is 94.0 Å². The molecule has 0 radical (unpaired) electrons. The molecule has 3 aromatic rings. The van der Waals surface area contributed by atoms with Crippen molar-refractivity contribution in [3.8, 4) is 11.5 Å². The van der Waals surface area contributed by atoms with Gasteiger partial charge < -0.3 is 19.9 Å². The topological polar surface area (TPSA) is 50.7 Å². The van der Waals surface area contributed by atoms with E-state index in [1.807, 2.05) is 79.7 Å². The molecule has 0 bridgehead atoms. The first-order valence-corrected chi connectivity index (χ1v) is 10.5. The van der Waals surface area contributed by atoms with E-state index in [2.05, 4.69) is 21.2 Å². The van der Waals surface area contributed by atoms with Crippen LogP contribution in [0.15, 0.2) is 77.3 Å². The maximum atomic E-state index is 10.3. The van der Waals surface area contributed by atoms with Crippen molar-refractivity contribution < 1.29 is 14.6 Å². The first-order chi connectivity index (χ1) is 14.2. The van der Waals surface area contributed by atoms with Crippen LogP contribution in [0.3, 0.4) is 0 Å². The van der Waals surface area contributed by atoms with Crippen molar-refractivity contribution in [1.29, 1.82) is 0 Å². The lowest BCUT2D eigenvalue weighted by Gasteiger charge is -2.17. The first-order valence-electron chi connectivity index (χ1n) is 9.73. The Hall–Kier alpha value is -2.34. The van der Waals surface area contributed by atoms with Gasteiger partial charge >= 0.3 is 0 Å². The molecule has 0 aliphatic carbocycles. The molecule has 0 aliphatic heterocycles. The summed E-state index contributed by atoms with van der Waals surface area (Å²) < 4.78 is 12.7. The molecule has 2 N–H and O–H groups in total. The van der Waals surface area contributed by atoms with Gasteiger partial charge in [-0.2, -0.15) is 0 Å². The van der Waals surface area contributed by atoms with Gasteiger partial charge in [-0.3, -0.25) is 0 Å². The highest BCUT2D eigenvalue weighted by molar-refractivity contribution is 9.10. The van der Waals surface area contributed by atoms with E-state index in [9.17, 15) is 5.11 Å². The number of benzene rings is 3. The van der Waals surface area contributed by atoms with Gasteiger partial charge in [-0.05, 0) is 51.7 Å². The summed E-state index contributed by atoms with van der Waals surface area (Å²) >= 11 is 3.62. The zero-order valence-electron chi connectivity index (χ0n) is 16.5. The average Bonchev–Trinajstić information content (AvgIpc) is 2.74. The zero-order chi connectivity index (χ0) is 20.5. The van der Waals surface area contributed by atoms with Crippen LogP contribution in [0.2, 0.25) is 0 Å². The van der Waals surface area contributed by atoms with Crippen molar-refractivity contribution in [3.63, 3.8) is 0 Å². The summed E-state index contributed by atoms with van der Waals surface area (Å²) in [6.45, 7) is 4.06. The van der Waals surface area contributed by atoms with Crippen LogP contribution in [0.1, 0.15) is 29.7 Å². The molecule has 29 heavy (non-hydrogen) atoms. The van der Waals surface area contributed by atoms with Crippen molar-refractivity contribution in [2.75, 3.05) is 13.2 Å². The van der Waals surface area contributed by atoms with Crippen molar-refractivity contribution in [2.24, 2.45) is 0 Å². The normalized spacial score (nSPS) is 11.8. The third-order valence-electron chi connectivity index (χ3n) is 4.45. The fraction of sp³-hybridized carbons (Fsp3) is 0.250. The molecule has 0 saturated heterocycles. The van der Waals surface area contributed by atoms with E-state index in [0.29, 0.717) is 37.8 Å². The van der Waals surface area contributed by atoms with E-state index in [1.54, 1.807) is 0 Å². The Bertz CT molecular complexity index is 887. The molecule has 1 atom stereocenters. The van der Waals surface area contributed by atoms with Gasteiger partial charge in [-0.15, -0.1) is 0 Å². The molecule has 0 unspecified atom stereocenters. The summed E-state index contributed by atoms with van der Waals surface area (Å²) in [5, 5.41) is 13.6. The lowest BCUT2D eigenvalue weighted by molar-refractivity contribution is 0.174. The van der Waals surface area contributed by atoms with Gasteiger partial charge in [0.2, 0.25) is 0 Å². The van der Waals surface area contributed by atoms with E-state index in [1.165, 1.54) is 0 Å². The predicted molar refractivity (Wildman–Crippen MR) is 119 cm³/mol. The molecule has 0 saturated carbocycles. The number of rotatable bonds is 10. The molecule has 0 spiro atoms. The van der Waals surface area contributed by atoms with Gasteiger partial charge in [0.1, 0.15) is 6.61 Å². The monoisotopic (exact) mass is 455 g/mol. The fourth-order valence-electron chi connectivity index (χ4n) is 3.00. The van der Waals surface area contributed by atoms with E-state index >= 15 is 0 Å². The molecule has 4 nitrogen and oxygen atoms in total. The molecule has 3 aromatic carbocycles. The van der Waals surface area contributed by atoms with Crippen LogP contribution in [0.5, 0.6) is 11.5 Å². The number of aliphatic hydroxyl groups excluding tert-OH is 1. The van der Waals surface area contributed by atoms with Gasteiger partial charge in [-0.1, -0.05) is 60.7 Å². The van der Waals surface area contributed by atoms with E-state index in [-0.39, 0.29) is 0 Å². The maximum Gasteiger partial charge on any atom is 0.175 e. The Morgan fingerprint density at radius 3 is 2.31 bits per heavy atom. The summed E-state index contributed by atoms with van der Waals surface area (Å²) in [7, 11) is 0. The first kappa shape index (κ1) is 21.4. The highest BCUT2D eigenvalue weighted by Gasteiger charge is 2.13. The number of aliphatic hydroxyl groups is 1. The quantitative estimate of drug-likeness (QED) is 0.438. The number of halogens is 1. The van der Waals surface area contributed by atoms with Crippen LogP contribution < -0.4 is 14.8 Å². The van der Waals surface area contributed by atoms with Crippen LogP contribution in [0.4, 0.5) is 0 Å². The number of hydrogen-bond donors (Lipinski definition) is 2. The second kappa shape index (κ2) is 11.0. The molecule has 152 valence electrons. The molecule has 0 aromatic heterocycles. The minimum absolute atomic E-state index is 0.470. The lowest BCUT2D eigenvalue weighted by Crippen LogP contribution is -2.21. The molecule has 0 aliphatic rings. The lowest BCUT2D eigenvalue weighted by atomic mass is 10.1. The molecular formula is C24H26BrNO3. The third kappa shape index (κ3) is 6.32. The smallest absolute Gasteiger partial charge is 0.175 e. The molecule has 5 heteroatoms. The van der Waals surface area contributed by atoms with Gasteiger partial charge in [0.15, 0.2) is 11.5 Å². The van der Waals surface area contributed by atoms with Gasteiger partial charge in [-0.25, -0.2) is 0 Å². The summed E-state index contributed by atoms with van der Waals surface area (Å²) in [6, 6.07) is 23.7. The summed E-state index contributed by atoms with van der Waals surface area (Å²) in [5.74, 6) is 1.40. The molecule has 0 fully saturated rings. The Kier molecular flexibility index (Phi) is 8.11. The van der Waals surface area contributed by atoms with Crippen LogP contribution in [0.25, 0.3) is 0 Å². The highest BCUT2D eigenvalue weighted by Crippen LogP contribution is 2.37. The molecule has 0 amide bonds. The maximum absolute atomic E-state index is 10.3. The number of ether oxygens (including phenoxy) is 2. The van der Waals surface area contributed by atoms with Crippen LogP contribution in [-0.2, 0) is 13.2 Å². The number of nitrogens with one attached hydrogen (secondary N) is 1.